The predicted molar refractivity (Wildman–Crippen MR) is 64.3 cm³/mol. The molecule has 0 bridgehead atoms. The SMILES string of the molecule is CC(C)(C)n1cc(CC2CCCNC2)nn1. The Hall–Kier alpha value is -0.900. The monoisotopic (exact) mass is 222 g/mol. The van der Waals surface area contributed by atoms with Gasteiger partial charge in [-0.05, 0) is 59.0 Å². The minimum Gasteiger partial charge on any atom is -0.316 e. The Morgan fingerprint density at radius 2 is 2.31 bits per heavy atom. The second kappa shape index (κ2) is 4.53. The fourth-order valence-electron chi connectivity index (χ4n) is 2.11. The van der Waals surface area contributed by atoms with E-state index in [4.69, 9.17) is 0 Å². The van der Waals surface area contributed by atoms with Crippen LogP contribution in [0.3, 0.4) is 0 Å². The van der Waals surface area contributed by atoms with Gasteiger partial charge in [-0.25, -0.2) is 4.68 Å². The van der Waals surface area contributed by atoms with Gasteiger partial charge in [0.05, 0.1) is 11.2 Å². The van der Waals surface area contributed by atoms with Crippen molar-refractivity contribution in [3.8, 4) is 0 Å². The summed E-state index contributed by atoms with van der Waals surface area (Å²) in [7, 11) is 0. The molecule has 1 saturated heterocycles. The van der Waals surface area contributed by atoms with Gasteiger partial charge in [-0.1, -0.05) is 5.21 Å². The van der Waals surface area contributed by atoms with Crippen molar-refractivity contribution in [2.75, 3.05) is 13.1 Å². The van der Waals surface area contributed by atoms with E-state index in [2.05, 4.69) is 42.6 Å². The van der Waals surface area contributed by atoms with Crippen molar-refractivity contribution in [2.45, 2.75) is 45.6 Å². The van der Waals surface area contributed by atoms with Crippen molar-refractivity contribution >= 4 is 0 Å². The molecular formula is C12H22N4. The first kappa shape index (κ1) is 11.6. The van der Waals surface area contributed by atoms with Gasteiger partial charge in [0, 0.05) is 6.20 Å². The van der Waals surface area contributed by atoms with Crippen molar-refractivity contribution in [3.63, 3.8) is 0 Å². The number of rotatable bonds is 2. The lowest BCUT2D eigenvalue weighted by atomic mass is 9.95. The standard InChI is InChI=1S/C12H22N4/c1-12(2,3)16-9-11(14-15-16)7-10-5-4-6-13-8-10/h9-10,13H,4-8H2,1-3H3. The third-order valence-electron chi connectivity index (χ3n) is 3.12. The molecule has 0 spiro atoms. The molecule has 1 aliphatic rings. The van der Waals surface area contributed by atoms with E-state index in [1.165, 1.54) is 19.4 Å². The van der Waals surface area contributed by atoms with E-state index >= 15 is 0 Å². The van der Waals surface area contributed by atoms with E-state index in [0.29, 0.717) is 0 Å². The lowest BCUT2D eigenvalue weighted by molar-refractivity contribution is 0.346. The minimum atomic E-state index is 0.0378. The fourth-order valence-corrected chi connectivity index (χ4v) is 2.11. The molecule has 1 aromatic heterocycles. The molecule has 1 atom stereocenters. The molecule has 1 N–H and O–H groups in total. The van der Waals surface area contributed by atoms with Crippen molar-refractivity contribution in [2.24, 2.45) is 5.92 Å². The zero-order chi connectivity index (χ0) is 11.6. The number of aromatic nitrogens is 3. The third-order valence-corrected chi connectivity index (χ3v) is 3.12. The number of nitrogens with zero attached hydrogens (tertiary/aromatic N) is 3. The average molecular weight is 222 g/mol. The largest absolute Gasteiger partial charge is 0.316 e. The highest BCUT2D eigenvalue weighted by molar-refractivity contribution is 4.97. The molecule has 0 saturated carbocycles. The van der Waals surface area contributed by atoms with Crippen LogP contribution in [0.5, 0.6) is 0 Å². The lowest BCUT2D eigenvalue weighted by Gasteiger charge is -2.21. The Balaban J connectivity index is 1.97. The van der Waals surface area contributed by atoms with Gasteiger partial charge < -0.3 is 5.32 Å². The Morgan fingerprint density at radius 1 is 1.50 bits per heavy atom. The normalized spacial score (nSPS) is 22.3. The van der Waals surface area contributed by atoms with E-state index in [1.807, 2.05) is 4.68 Å². The molecule has 1 aliphatic heterocycles. The average Bonchev–Trinajstić information content (AvgIpc) is 2.67. The van der Waals surface area contributed by atoms with Gasteiger partial charge in [0.15, 0.2) is 0 Å². The number of hydrogen-bond donors (Lipinski definition) is 1. The molecule has 2 heterocycles. The zero-order valence-electron chi connectivity index (χ0n) is 10.5. The smallest absolute Gasteiger partial charge is 0.0830 e. The molecule has 0 aromatic carbocycles. The van der Waals surface area contributed by atoms with E-state index in [9.17, 15) is 0 Å². The number of piperidine rings is 1. The molecule has 2 rings (SSSR count). The summed E-state index contributed by atoms with van der Waals surface area (Å²) in [5.41, 5.74) is 1.17. The summed E-state index contributed by atoms with van der Waals surface area (Å²) in [5, 5.41) is 11.9. The highest BCUT2D eigenvalue weighted by Crippen LogP contribution is 2.17. The van der Waals surface area contributed by atoms with Crippen LogP contribution in [-0.2, 0) is 12.0 Å². The van der Waals surface area contributed by atoms with E-state index in [1.54, 1.807) is 0 Å². The van der Waals surface area contributed by atoms with Crippen LogP contribution in [0.1, 0.15) is 39.3 Å². The number of hydrogen-bond acceptors (Lipinski definition) is 3. The van der Waals surface area contributed by atoms with Gasteiger partial charge in [-0.3, -0.25) is 0 Å². The zero-order valence-corrected chi connectivity index (χ0v) is 10.5. The topological polar surface area (TPSA) is 42.7 Å². The van der Waals surface area contributed by atoms with Gasteiger partial charge >= 0.3 is 0 Å². The second-order valence-electron chi connectivity index (χ2n) is 5.74. The molecule has 1 fully saturated rings. The van der Waals surface area contributed by atoms with Gasteiger partial charge in [-0.2, -0.15) is 0 Å². The third kappa shape index (κ3) is 2.82. The molecule has 16 heavy (non-hydrogen) atoms. The first-order chi connectivity index (χ1) is 7.55. The Bertz CT molecular complexity index is 331. The minimum absolute atomic E-state index is 0.0378. The summed E-state index contributed by atoms with van der Waals surface area (Å²) >= 11 is 0. The molecule has 0 radical (unpaired) electrons. The summed E-state index contributed by atoms with van der Waals surface area (Å²) in [6.07, 6.45) is 5.76. The first-order valence-corrected chi connectivity index (χ1v) is 6.18. The summed E-state index contributed by atoms with van der Waals surface area (Å²) < 4.78 is 1.96. The predicted octanol–water partition coefficient (Wildman–Crippen LogP) is 1.58. The van der Waals surface area contributed by atoms with Crippen LogP contribution in [0.15, 0.2) is 6.20 Å². The second-order valence-corrected chi connectivity index (χ2v) is 5.74. The summed E-state index contributed by atoms with van der Waals surface area (Å²) in [5.74, 6) is 0.735. The summed E-state index contributed by atoms with van der Waals surface area (Å²) in [6, 6.07) is 0. The Labute approximate surface area is 97.4 Å². The van der Waals surface area contributed by atoms with Crippen LogP contribution in [0.2, 0.25) is 0 Å². The molecular weight excluding hydrogens is 200 g/mol. The van der Waals surface area contributed by atoms with E-state index in [0.717, 1.165) is 24.6 Å². The Morgan fingerprint density at radius 3 is 2.88 bits per heavy atom. The van der Waals surface area contributed by atoms with Crippen molar-refractivity contribution in [3.05, 3.63) is 11.9 Å². The van der Waals surface area contributed by atoms with Gasteiger partial charge in [0.25, 0.3) is 0 Å². The summed E-state index contributed by atoms with van der Waals surface area (Å²) in [4.78, 5) is 0. The van der Waals surface area contributed by atoms with Gasteiger partial charge in [-0.15, -0.1) is 5.10 Å². The van der Waals surface area contributed by atoms with Crippen molar-refractivity contribution < 1.29 is 0 Å². The van der Waals surface area contributed by atoms with E-state index < -0.39 is 0 Å². The van der Waals surface area contributed by atoms with Gasteiger partial charge in [0.2, 0.25) is 0 Å². The maximum Gasteiger partial charge on any atom is 0.0830 e. The Kier molecular flexibility index (Phi) is 3.28. The summed E-state index contributed by atoms with van der Waals surface area (Å²) in [6.45, 7) is 8.74. The van der Waals surface area contributed by atoms with Crippen molar-refractivity contribution in [1.82, 2.24) is 20.3 Å². The molecule has 1 unspecified atom stereocenters. The molecule has 4 nitrogen and oxygen atoms in total. The quantitative estimate of drug-likeness (QED) is 0.826. The molecule has 0 aliphatic carbocycles. The molecule has 4 heteroatoms. The highest BCUT2D eigenvalue weighted by Gasteiger charge is 2.18. The van der Waals surface area contributed by atoms with Crippen molar-refractivity contribution in [1.29, 1.82) is 0 Å². The maximum absolute atomic E-state index is 4.26. The van der Waals surface area contributed by atoms with E-state index in [-0.39, 0.29) is 5.54 Å². The number of nitrogens with one attached hydrogen (secondary N) is 1. The first-order valence-electron chi connectivity index (χ1n) is 6.18. The van der Waals surface area contributed by atoms with Crippen LogP contribution < -0.4 is 5.32 Å². The molecule has 90 valence electrons. The van der Waals surface area contributed by atoms with Crippen LogP contribution in [0.4, 0.5) is 0 Å². The van der Waals surface area contributed by atoms with Crippen LogP contribution in [0.25, 0.3) is 0 Å². The highest BCUT2D eigenvalue weighted by atomic mass is 15.4. The van der Waals surface area contributed by atoms with Crippen LogP contribution >= 0.6 is 0 Å². The molecule has 0 amide bonds. The lowest BCUT2D eigenvalue weighted by Crippen LogP contribution is -2.30. The molecule has 1 aromatic rings. The van der Waals surface area contributed by atoms with Crippen LogP contribution in [-0.4, -0.2) is 28.1 Å². The maximum atomic E-state index is 4.26. The fraction of sp³-hybridized carbons (Fsp3) is 0.833. The van der Waals surface area contributed by atoms with Crippen LogP contribution in [0, 0.1) is 5.92 Å². The van der Waals surface area contributed by atoms with Gasteiger partial charge in [0.1, 0.15) is 0 Å².